The highest BCUT2D eigenvalue weighted by Gasteiger charge is 2.30. The molecule has 0 aliphatic rings. The van der Waals surface area contributed by atoms with E-state index in [4.69, 9.17) is 5.11 Å². The lowest BCUT2D eigenvalue weighted by molar-refractivity contribution is -0.137. The monoisotopic (exact) mass is 270 g/mol. The number of hydrogen-bond acceptors (Lipinski definition) is 2. The van der Waals surface area contributed by atoms with Crippen molar-refractivity contribution in [2.24, 2.45) is 0 Å². The van der Waals surface area contributed by atoms with Crippen LogP contribution in [0.25, 0.3) is 5.69 Å². The molecule has 0 fully saturated rings. The zero-order chi connectivity index (χ0) is 13.9. The molecule has 0 bridgehead atoms. The molecule has 3 nitrogen and oxygen atoms in total. The van der Waals surface area contributed by atoms with Gasteiger partial charge in [-0.1, -0.05) is 6.07 Å². The maximum Gasteiger partial charge on any atom is 0.416 e. The van der Waals surface area contributed by atoms with Crippen molar-refractivity contribution in [1.82, 2.24) is 9.78 Å². The third kappa shape index (κ3) is 3.35. The third-order valence-corrected chi connectivity index (χ3v) is 2.70. The predicted octanol–water partition coefficient (Wildman–Crippen LogP) is 2.82. The third-order valence-electron chi connectivity index (χ3n) is 2.70. The van der Waals surface area contributed by atoms with Gasteiger partial charge in [-0.05, 0) is 36.6 Å². The first-order valence-electron chi connectivity index (χ1n) is 5.83. The average Bonchev–Trinajstić information content (AvgIpc) is 2.84. The van der Waals surface area contributed by atoms with Crippen molar-refractivity contribution in [3.63, 3.8) is 0 Å². The molecule has 19 heavy (non-hydrogen) atoms. The standard InChI is InChI=1S/C13H13F3N2O/c14-13(15,16)11-4-1-5-12(7-11)18-9-10(8-17-18)3-2-6-19/h1,4-5,7-9,19H,2-3,6H2. The Morgan fingerprint density at radius 3 is 2.74 bits per heavy atom. The number of halogens is 3. The summed E-state index contributed by atoms with van der Waals surface area (Å²) >= 11 is 0. The summed E-state index contributed by atoms with van der Waals surface area (Å²) < 4.78 is 39.2. The molecule has 1 N–H and O–H groups in total. The van der Waals surface area contributed by atoms with Crippen LogP contribution in [0.2, 0.25) is 0 Å². The molecule has 6 heteroatoms. The number of nitrogens with zero attached hydrogens (tertiary/aromatic N) is 2. The summed E-state index contributed by atoms with van der Waals surface area (Å²) in [5.41, 5.74) is 0.550. The molecule has 0 atom stereocenters. The van der Waals surface area contributed by atoms with Gasteiger partial charge in [0, 0.05) is 12.8 Å². The van der Waals surface area contributed by atoms with Gasteiger partial charge in [-0.25, -0.2) is 4.68 Å². The minimum atomic E-state index is -4.36. The highest BCUT2D eigenvalue weighted by molar-refractivity contribution is 5.36. The maximum absolute atomic E-state index is 12.6. The van der Waals surface area contributed by atoms with Gasteiger partial charge in [0.15, 0.2) is 0 Å². The summed E-state index contributed by atoms with van der Waals surface area (Å²) in [5, 5.41) is 12.8. The van der Waals surface area contributed by atoms with E-state index in [9.17, 15) is 13.2 Å². The molecule has 1 aromatic carbocycles. The molecule has 0 aliphatic carbocycles. The molecule has 2 aromatic rings. The van der Waals surface area contributed by atoms with Gasteiger partial charge in [-0.2, -0.15) is 18.3 Å². The highest BCUT2D eigenvalue weighted by atomic mass is 19.4. The van der Waals surface area contributed by atoms with Crippen LogP contribution in [-0.4, -0.2) is 21.5 Å². The summed E-state index contributed by atoms with van der Waals surface area (Å²) in [4.78, 5) is 0. The summed E-state index contributed by atoms with van der Waals surface area (Å²) in [5.74, 6) is 0. The summed E-state index contributed by atoms with van der Waals surface area (Å²) in [6.45, 7) is 0.0781. The Morgan fingerprint density at radius 1 is 1.26 bits per heavy atom. The summed E-state index contributed by atoms with van der Waals surface area (Å²) in [6.07, 6.45) is 0.160. The van der Waals surface area contributed by atoms with Gasteiger partial charge in [0.05, 0.1) is 17.4 Å². The van der Waals surface area contributed by atoms with Crippen LogP contribution >= 0.6 is 0 Å². The van der Waals surface area contributed by atoms with Crippen LogP contribution in [0.15, 0.2) is 36.7 Å². The smallest absolute Gasteiger partial charge is 0.396 e. The first-order valence-corrected chi connectivity index (χ1v) is 5.83. The molecule has 0 radical (unpaired) electrons. The number of aromatic nitrogens is 2. The van der Waals surface area contributed by atoms with E-state index in [1.165, 1.54) is 10.7 Å². The van der Waals surface area contributed by atoms with Gasteiger partial charge in [-0.3, -0.25) is 0 Å². The Hall–Kier alpha value is -1.82. The molecule has 0 aliphatic heterocycles. The van der Waals surface area contributed by atoms with Crippen molar-refractivity contribution in [2.75, 3.05) is 6.61 Å². The molecule has 0 saturated heterocycles. The molecular weight excluding hydrogens is 257 g/mol. The first-order chi connectivity index (χ1) is 9.00. The van der Waals surface area contributed by atoms with E-state index in [-0.39, 0.29) is 6.61 Å². The molecule has 2 rings (SSSR count). The quantitative estimate of drug-likeness (QED) is 0.927. The number of aliphatic hydroxyl groups is 1. The summed E-state index contributed by atoms with van der Waals surface area (Å²) in [7, 11) is 0. The van der Waals surface area contributed by atoms with Crippen molar-refractivity contribution >= 4 is 0 Å². The van der Waals surface area contributed by atoms with Gasteiger partial charge in [0.2, 0.25) is 0 Å². The van der Waals surface area contributed by atoms with Crippen LogP contribution < -0.4 is 0 Å². The van der Waals surface area contributed by atoms with Gasteiger partial charge in [0.1, 0.15) is 0 Å². The van der Waals surface area contributed by atoms with Crippen molar-refractivity contribution in [3.8, 4) is 5.69 Å². The lowest BCUT2D eigenvalue weighted by Crippen LogP contribution is -2.06. The maximum atomic E-state index is 12.6. The number of alkyl halides is 3. The van der Waals surface area contributed by atoms with Crippen molar-refractivity contribution in [2.45, 2.75) is 19.0 Å². The molecule has 1 heterocycles. The van der Waals surface area contributed by atoms with E-state index < -0.39 is 11.7 Å². The second-order valence-electron chi connectivity index (χ2n) is 4.17. The minimum absolute atomic E-state index is 0.0781. The SMILES string of the molecule is OCCCc1cnn(-c2cccc(C(F)(F)F)c2)c1. The minimum Gasteiger partial charge on any atom is -0.396 e. The van der Waals surface area contributed by atoms with Crippen molar-refractivity contribution in [1.29, 1.82) is 0 Å². The Bertz CT molecular complexity index is 549. The average molecular weight is 270 g/mol. The van der Waals surface area contributed by atoms with E-state index in [0.29, 0.717) is 18.5 Å². The normalized spacial score (nSPS) is 11.8. The van der Waals surface area contributed by atoms with Crippen LogP contribution in [-0.2, 0) is 12.6 Å². The molecular formula is C13H13F3N2O. The number of aliphatic hydroxyl groups excluding tert-OH is 1. The highest BCUT2D eigenvalue weighted by Crippen LogP contribution is 2.30. The van der Waals surface area contributed by atoms with Gasteiger partial charge >= 0.3 is 6.18 Å². The zero-order valence-electron chi connectivity index (χ0n) is 10.1. The number of rotatable bonds is 4. The lowest BCUT2D eigenvalue weighted by atomic mass is 10.2. The molecule has 0 unspecified atom stereocenters. The Balaban J connectivity index is 2.24. The van der Waals surface area contributed by atoms with E-state index in [2.05, 4.69) is 5.10 Å². The van der Waals surface area contributed by atoms with Crippen LogP contribution in [0.1, 0.15) is 17.5 Å². The van der Waals surface area contributed by atoms with Crippen LogP contribution in [0.5, 0.6) is 0 Å². The molecule has 0 saturated carbocycles. The fraction of sp³-hybridized carbons (Fsp3) is 0.308. The van der Waals surface area contributed by atoms with E-state index >= 15 is 0 Å². The Labute approximate surface area is 108 Å². The molecule has 0 spiro atoms. The molecule has 1 aromatic heterocycles. The zero-order valence-corrected chi connectivity index (χ0v) is 10.1. The van der Waals surface area contributed by atoms with E-state index in [1.807, 2.05) is 0 Å². The summed E-state index contributed by atoms with van der Waals surface area (Å²) in [6, 6.07) is 5.01. The number of aryl methyl sites for hydroxylation is 1. The van der Waals surface area contributed by atoms with Gasteiger partial charge in [-0.15, -0.1) is 0 Å². The van der Waals surface area contributed by atoms with Gasteiger partial charge < -0.3 is 5.11 Å². The predicted molar refractivity (Wildman–Crippen MR) is 64.0 cm³/mol. The lowest BCUT2D eigenvalue weighted by Gasteiger charge is -2.08. The van der Waals surface area contributed by atoms with Gasteiger partial charge in [0.25, 0.3) is 0 Å². The van der Waals surface area contributed by atoms with Crippen LogP contribution in [0, 0.1) is 0 Å². The fourth-order valence-electron chi connectivity index (χ4n) is 1.74. The van der Waals surface area contributed by atoms with Crippen molar-refractivity contribution in [3.05, 3.63) is 47.8 Å². The Morgan fingerprint density at radius 2 is 2.05 bits per heavy atom. The van der Waals surface area contributed by atoms with E-state index in [0.717, 1.165) is 17.7 Å². The Kier molecular flexibility index (Phi) is 3.90. The second kappa shape index (κ2) is 5.44. The topological polar surface area (TPSA) is 38.1 Å². The number of benzene rings is 1. The van der Waals surface area contributed by atoms with Crippen LogP contribution in [0.4, 0.5) is 13.2 Å². The number of hydrogen-bond donors (Lipinski definition) is 1. The largest absolute Gasteiger partial charge is 0.416 e. The first kappa shape index (κ1) is 13.6. The second-order valence-corrected chi connectivity index (χ2v) is 4.17. The van der Waals surface area contributed by atoms with E-state index in [1.54, 1.807) is 18.5 Å². The van der Waals surface area contributed by atoms with Crippen LogP contribution in [0.3, 0.4) is 0 Å². The van der Waals surface area contributed by atoms with Crippen molar-refractivity contribution < 1.29 is 18.3 Å². The molecule has 0 amide bonds. The molecule has 102 valence electrons. The fourth-order valence-corrected chi connectivity index (χ4v) is 1.74.